The molecule has 3 heterocycles. The fraction of sp³-hybridized carbons (Fsp3) is 0.379. The number of carbonyl (C=O) groups excluding carboxylic acids is 2. The number of aryl methyl sites for hydroxylation is 1. The highest BCUT2D eigenvalue weighted by atomic mass is 79.9. The van der Waals surface area contributed by atoms with Crippen LogP contribution in [0.1, 0.15) is 47.8 Å². The molecule has 204 valence electrons. The Kier molecular flexibility index (Phi) is 8.13. The number of halogens is 1. The maximum Gasteiger partial charge on any atom is 0.282 e. The van der Waals surface area contributed by atoms with Crippen LogP contribution in [-0.4, -0.2) is 52.7 Å². The Morgan fingerprint density at radius 2 is 1.74 bits per heavy atom. The van der Waals surface area contributed by atoms with Crippen molar-refractivity contribution in [3.63, 3.8) is 0 Å². The van der Waals surface area contributed by atoms with Gasteiger partial charge in [0.2, 0.25) is 11.8 Å². The van der Waals surface area contributed by atoms with E-state index in [1.54, 1.807) is 13.2 Å². The number of amides is 2. The Morgan fingerprint density at radius 1 is 1.03 bits per heavy atom. The van der Waals surface area contributed by atoms with Crippen LogP contribution in [0.2, 0.25) is 0 Å². The third kappa shape index (κ3) is 6.39. The van der Waals surface area contributed by atoms with Crippen LogP contribution in [0.3, 0.4) is 0 Å². The van der Waals surface area contributed by atoms with E-state index in [-0.39, 0.29) is 29.3 Å². The highest BCUT2D eigenvalue weighted by Crippen LogP contribution is 2.30. The van der Waals surface area contributed by atoms with Gasteiger partial charge in [0.05, 0.1) is 17.8 Å². The lowest BCUT2D eigenvalue weighted by Gasteiger charge is -2.37. The molecule has 0 spiro atoms. The van der Waals surface area contributed by atoms with Crippen LogP contribution in [-0.2, 0) is 23.2 Å². The second-order valence-electron chi connectivity index (χ2n) is 10.4. The largest absolute Gasteiger partial charge is 0.489 e. The Labute approximate surface area is 235 Å². The number of likely N-dealkylation sites (tertiary alicyclic amines) is 1. The molecule has 3 aromatic rings. The number of nitrogens with one attached hydrogen (secondary N) is 2. The average Bonchev–Trinajstić information content (AvgIpc) is 2.93. The van der Waals surface area contributed by atoms with Crippen LogP contribution < -0.4 is 20.9 Å². The van der Waals surface area contributed by atoms with E-state index in [2.05, 4.69) is 67.9 Å². The van der Waals surface area contributed by atoms with E-state index in [1.165, 1.54) is 10.2 Å². The van der Waals surface area contributed by atoms with Crippen molar-refractivity contribution in [2.75, 3.05) is 25.5 Å². The molecule has 0 radical (unpaired) electrons. The van der Waals surface area contributed by atoms with Crippen molar-refractivity contribution in [2.24, 2.45) is 7.05 Å². The molecule has 39 heavy (non-hydrogen) atoms. The van der Waals surface area contributed by atoms with Gasteiger partial charge < -0.3 is 15.0 Å². The second kappa shape index (κ2) is 11.7. The summed E-state index contributed by atoms with van der Waals surface area (Å²) in [6.07, 6.45) is 3.53. The van der Waals surface area contributed by atoms with E-state index < -0.39 is 0 Å². The molecule has 2 saturated heterocycles. The fourth-order valence-corrected chi connectivity index (χ4v) is 5.83. The van der Waals surface area contributed by atoms with Gasteiger partial charge in [0.25, 0.3) is 5.56 Å². The molecule has 3 unspecified atom stereocenters. The first-order valence-corrected chi connectivity index (χ1v) is 13.9. The fourth-order valence-electron chi connectivity index (χ4n) is 5.36. The molecule has 0 saturated carbocycles. The number of nitrogens with zero attached hydrogens (tertiary/aromatic N) is 3. The molecule has 2 aliphatic heterocycles. The summed E-state index contributed by atoms with van der Waals surface area (Å²) in [5.41, 5.74) is 3.78. The lowest BCUT2D eigenvalue weighted by atomic mass is 9.88. The van der Waals surface area contributed by atoms with Crippen molar-refractivity contribution >= 4 is 33.4 Å². The maximum atomic E-state index is 12.2. The van der Waals surface area contributed by atoms with Crippen LogP contribution in [0.15, 0.2) is 64.0 Å². The zero-order chi connectivity index (χ0) is 27.5. The van der Waals surface area contributed by atoms with E-state index >= 15 is 0 Å². The topological polar surface area (TPSA) is 106 Å². The molecule has 3 atom stereocenters. The number of ether oxygens (including phenoxy) is 1. The van der Waals surface area contributed by atoms with Gasteiger partial charge in [-0.05, 0) is 70.6 Å². The van der Waals surface area contributed by atoms with Crippen LogP contribution in [0.5, 0.6) is 5.75 Å². The monoisotopic (exact) mass is 593 g/mol. The average molecular weight is 595 g/mol. The quantitative estimate of drug-likeness (QED) is 0.404. The van der Waals surface area contributed by atoms with Gasteiger partial charge in [-0.3, -0.25) is 19.7 Å². The number of hydrogen-bond donors (Lipinski definition) is 2. The molecule has 1 aromatic heterocycles. The minimum Gasteiger partial charge on any atom is -0.489 e. The second-order valence-corrected chi connectivity index (χ2v) is 11.2. The summed E-state index contributed by atoms with van der Waals surface area (Å²) in [6.45, 7) is 2.28. The summed E-state index contributed by atoms with van der Waals surface area (Å²) in [4.78, 5) is 38.0. The molecule has 2 aromatic carbocycles. The van der Waals surface area contributed by atoms with Crippen LogP contribution in [0.4, 0.5) is 5.69 Å². The molecule has 2 amide bonds. The summed E-state index contributed by atoms with van der Waals surface area (Å²) < 4.78 is 7.79. The van der Waals surface area contributed by atoms with Gasteiger partial charge in [0.1, 0.15) is 16.8 Å². The van der Waals surface area contributed by atoms with Gasteiger partial charge in [-0.1, -0.05) is 36.4 Å². The normalized spacial score (nSPS) is 21.9. The number of rotatable bonds is 7. The van der Waals surface area contributed by atoms with Gasteiger partial charge in [0, 0.05) is 32.6 Å². The summed E-state index contributed by atoms with van der Waals surface area (Å²) in [5.74, 6) is 0.349. The summed E-state index contributed by atoms with van der Waals surface area (Å²) in [6, 6.07) is 16.3. The first-order chi connectivity index (χ1) is 18.8. The van der Waals surface area contributed by atoms with Crippen molar-refractivity contribution in [1.82, 2.24) is 20.0 Å². The molecule has 5 rings (SSSR count). The lowest BCUT2D eigenvalue weighted by molar-refractivity contribution is -0.134. The third-order valence-electron chi connectivity index (χ3n) is 7.45. The van der Waals surface area contributed by atoms with Crippen molar-refractivity contribution in [2.45, 2.75) is 43.7 Å². The van der Waals surface area contributed by atoms with E-state index in [4.69, 9.17) is 4.74 Å². The number of aromatic nitrogens is 2. The number of hydrogen-bond acceptors (Lipinski definition) is 7. The third-order valence-corrected chi connectivity index (χ3v) is 8.22. The van der Waals surface area contributed by atoms with E-state index in [0.29, 0.717) is 29.8 Å². The number of likely N-dealkylation sites (N-methyl/N-ethyl adjacent to an activating group) is 1. The minimum absolute atomic E-state index is 0.163. The zero-order valence-electron chi connectivity index (χ0n) is 22.0. The first-order valence-electron chi connectivity index (χ1n) is 13.1. The van der Waals surface area contributed by atoms with Crippen LogP contribution in [0.25, 0.3) is 0 Å². The molecular weight excluding hydrogens is 562 g/mol. The SMILES string of the molecule is CN1CC(Nc2cnn(C)c(=O)c2Br)CC(c2ccc(COc3ccc(C4CCC(=O)NC4=O)cc3)cc2)C1. The number of piperidine rings is 2. The van der Waals surface area contributed by atoms with Gasteiger partial charge in [0.15, 0.2) is 0 Å². The molecule has 9 nitrogen and oxygen atoms in total. The zero-order valence-corrected chi connectivity index (χ0v) is 23.6. The van der Waals surface area contributed by atoms with Crippen molar-refractivity contribution in [1.29, 1.82) is 0 Å². The number of carbonyl (C=O) groups is 2. The molecule has 0 aliphatic carbocycles. The van der Waals surface area contributed by atoms with Crippen LogP contribution >= 0.6 is 15.9 Å². The molecule has 2 fully saturated rings. The van der Waals surface area contributed by atoms with Crippen molar-refractivity contribution < 1.29 is 14.3 Å². The van der Waals surface area contributed by atoms with Crippen molar-refractivity contribution in [3.05, 3.63) is 86.2 Å². The van der Waals surface area contributed by atoms with Gasteiger partial charge in [-0.15, -0.1) is 0 Å². The number of anilines is 1. The Bertz CT molecular complexity index is 1410. The predicted molar refractivity (Wildman–Crippen MR) is 152 cm³/mol. The standard InChI is InChI=1S/C29H32BrN5O4/c1-34-15-21(13-22(16-34)32-25-14-31-35(2)29(38)27(25)30)19-5-3-18(4-6-19)17-39-23-9-7-20(8-10-23)24-11-12-26(36)33-28(24)37/h3-10,14,21-22,24,32H,11-13,15-17H2,1-2H3,(H,33,36,37). The Hall–Kier alpha value is -3.50. The summed E-state index contributed by atoms with van der Waals surface area (Å²) >= 11 is 3.41. The van der Waals surface area contributed by atoms with Gasteiger partial charge >= 0.3 is 0 Å². The Morgan fingerprint density at radius 3 is 2.46 bits per heavy atom. The van der Waals surface area contributed by atoms with Crippen LogP contribution in [0, 0.1) is 0 Å². The minimum atomic E-state index is -0.295. The highest BCUT2D eigenvalue weighted by molar-refractivity contribution is 9.10. The van der Waals surface area contributed by atoms with Gasteiger partial charge in [-0.25, -0.2) is 4.68 Å². The molecule has 10 heteroatoms. The molecule has 0 bridgehead atoms. The van der Waals surface area contributed by atoms with E-state index in [9.17, 15) is 14.4 Å². The van der Waals surface area contributed by atoms with Gasteiger partial charge in [-0.2, -0.15) is 5.10 Å². The predicted octanol–water partition coefficient (Wildman–Crippen LogP) is 3.54. The van der Waals surface area contributed by atoms with E-state index in [1.807, 2.05) is 24.3 Å². The molecular formula is C29H32BrN5O4. The van der Waals surface area contributed by atoms with E-state index in [0.717, 1.165) is 42.1 Å². The lowest BCUT2D eigenvalue weighted by Crippen LogP contribution is -2.43. The highest BCUT2D eigenvalue weighted by Gasteiger charge is 2.28. The molecule has 2 N–H and O–H groups in total. The van der Waals surface area contributed by atoms with Crippen molar-refractivity contribution in [3.8, 4) is 5.75 Å². The number of benzene rings is 2. The first kappa shape index (κ1) is 27.1. The maximum absolute atomic E-state index is 12.2. The molecule has 2 aliphatic rings. The summed E-state index contributed by atoms with van der Waals surface area (Å²) in [5, 5.41) is 10.1. The smallest absolute Gasteiger partial charge is 0.282 e. The number of imide groups is 1. The Balaban J connectivity index is 1.17. The summed E-state index contributed by atoms with van der Waals surface area (Å²) in [7, 11) is 3.75.